The highest BCUT2D eigenvalue weighted by Crippen LogP contribution is 2.35. The summed E-state index contributed by atoms with van der Waals surface area (Å²) in [5, 5.41) is 13.2. The molecule has 29 heavy (non-hydrogen) atoms. The van der Waals surface area contributed by atoms with Crippen LogP contribution < -0.4 is 15.0 Å². The van der Waals surface area contributed by atoms with Gasteiger partial charge in [-0.25, -0.2) is 4.39 Å². The number of rotatable bonds is 6. The number of para-hydroxylation sites is 1. The Bertz CT molecular complexity index is 995. The molecule has 2 aromatic carbocycles. The average Bonchev–Trinajstić information content (AvgIpc) is 2.70. The molecule has 150 valence electrons. The number of nitro groups is 1. The highest BCUT2D eigenvalue weighted by atomic mass is 19.1. The molecule has 2 amide bonds. The van der Waals surface area contributed by atoms with Crippen molar-refractivity contribution in [1.29, 1.82) is 0 Å². The van der Waals surface area contributed by atoms with Crippen LogP contribution in [0.2, 0.25) is 0 Å². The number of ether oxygens (including phenoxy) is 2. The summed E-state index contributed by atoms with van der Waals surface area (Å²) in [5.74, 6) is -2.76. The summed E-state index contributed by atoms with van der Waals surface area (Å²) in [4.78, 5) is 47.2. The predicted octanol–water partition coefficient (Wildman–Crippen LogP) is 1.64. The molecule has 0 aromatic heterocycles. The van der Waals surface area contributed by atoms with E-state index in [1.54, 1.807) is 0 Å². The average molecular weight is 403 g/mol. The number of non-ortho nitro benzene ring substituents is 1. The molecule has 1 aliphatic rings. The zero-order chi connectivity index (χ0) is 21.0. The monoisotopic (exact) mass is 403 g/mol. The minimum atomic E-state index is -0.929. The second-order valence-electron chi connectivity index (χ2n) is 5.87. The Kier molecular flexibility index (Phi) is 5.67. The topological polar surface area (TPSA) is 128 Å². The molecule has 10 nitrogen and oxygen atoms in total. The minimum absolute atomic E-state index is 0.0446. The normalized spacial score (nSPS) is 12.6. The van der Waals surface area contributed by atoms with Gasteiger partial charge in [0.25, 0.3) is 17.5 Å². The molecule has 2 aromatic rings. The molecule has 0 saturated carbocycles. The number of carbonyl (C=O) groups is 3. The molecule has 1 heterocycles. The van der Waals surface area contributed by atoms with Gasteiger partial charge in [-0.1, -0.05) is 12.1 Å². The molecule has 0 fully saturated rings. The molecular weight excluding hydrogens is 389 g/mol. The number of anilines is 2. The summed E-state index contributed by atoms with van der Waals surface area (Å²) in [6.07, 6.45) is 0. The van der Waals surface area contributed by atoms with Crippen molar-refractivity contribution in [2.75, 3.05) is 30.0 Å². The van der Waals surface area contributed by atoms with Crippen molar-refractivity contribution in [2.24, 2.45) is 0 Å². The third kappa shape index (κ3) is 4.64. The number of amides is 2. The quantitative estimate of drug-likeness (QED) is 0.441. The van der Waals surface area contributed by atoms with Crippen molar-refractivity contribution >= 4 is 34.8 Å². The van der Waals surface area contributed by atoms with Crippen molar-refractivity contribution in [3.63, 3.8) is 0 Å². The van der Waals surface area contributed by atoms with Crippen LogP contribution in [-0.4, -0.2) is 42.5 Å². The number of hydrogen-bond donors (Lipinski definition) is 1. The molecular formula is C18H14FN3O7. The van der Waals surface area contributed by atoms with E-state index >= 15 is 0 Å². The van der Waals surface area contributed by atoms with E-state index < -0.39 is 41.7 Å². The Labute approximate surface area is 163 Å². The summed E-state index contributed by atoms with van der Waals surface area (Å²) in [6, 6.07) is 9.09. The molecule has 3 rings (SSSR count). The molecule has 0 saturated heterocycles. The fourth-order valence-corrected chi connectivity index (χ4v) is 2.55. The van der Waals surface area contributed by atoms with Gasteiger partial charge < -0.3 is 14.8 Å². The van der Waals surface area contributed by atoms with Crippen molar-refractivity contribution < 1.29 is 33.2 Å². The first-order valence-electron chi connectivity index (χ1n) is 8.27. The molecule has 0 unspecified atom stereocenters. The van der Waals surface area contributed by atoms with Gasteiger partial charge in [-0.15, -0.1) is 0 Å². The highest BCUT2D eigenvalue weighted by Gasteiger charge is 2.29. The molecule has 1 aliphatic heterocycles. The van der Waals surface area contributed by atoms with Gasteiger partial charge in [0.1, 0.15) is 18.1 Å². The number of halogens is 1. The summed E-state index contributed by atoms with van der Waals surface area (Å²) >= 11 is 0. The fraction of sp³-hybridized carbons (Fsp3) is 0.167. The second-order valence-corrected chi connectivity index (χ2v) is 5.87. The third-order valence-corrected chi connectivity index (χ3v) is 3.90. The van der Waals surface area contributed by atoms with Gasteiger partial charge in [0.05, 0.1) is 16.3 Å². The molecule has 1 N–H and O–H groups in total. The van der Waals surface area contributed by atoms with Gasteiger partial charge in [-0.2, -0.15) is 0 Å². The Hall–Kier alpha value is -4.02. The van der Waals surface area contributed by atoms with E-state index in [1.165, 1.54) is 30.3 Å². The molecule has 0 bridgehead atoms. The van der Waals surface area contributed by atoms with Crippen LogP contribution in [0.1, 0.15) is 0 Å². The van der Waals surface area contributed by atoms with E-state index in [-0.39, 0.29) is 29.4 Å². The van der Waals surface area contributed by atoms with E-state index in [0.29, 0.717) is 0 Å². The molecule has 0 atom stereocenters. The van der Waals surface area contributed by atoms with Crippen LogP contribution in [0.4, 0.5) is 21.5 Å². The maximum Gasteiger partial charge on any atom is 0.326 e. The Morgan fingerprint density at radius 2 is 2.03 bits per heavy atom. The third-order valence-electron chi connectivity index (χ3n) is 3.90. The zero-order valence-electron chi connectivity index (χ0n) is 14.8. The van der Waals surface area contributed by atoms with E-state index in [2.05, 4.69) is 5.32 Å². The lowest BCUT2D eigenvalue weighted by atomic mass is 10.2. The minimum Gasteiger partial charge on any atom is -0.482 e. The lowest BCUT2D eigenvalue weighted by Crippen LogP contribution is -2.42. The smallest absolute Gasteiger partial charge is 0.326 e. The SMILES string of the molecule is O=C(COC(=O)CN1C(=O)COc2ccc([N+](=O)[O-])cc21)Nc1ccccc1F. The number of hydrogen-bond acceptors (Lipinski definition) is 7. The van der Waals surface area contributed by atoms with Crippen LogP contribution in [0.5, 0.6) is 5.75 Å². The van der Waals surface area contributed by atoms with Crippen LogP contribution in [0.15, 0.2) is 42.5 Å². The lowest BCUT2D eigenvalue weighted by Gasteiger charge is -2.28. The summed E-state index contributed by atoms with van der Waals surface area (Å²) in [7, 11) is 0. The van der Waals surface area contributed by atoms with Crippen molar-refractivity contribution in [3.05, 3.63) is 58.4 Å². The standard InChI is InChI=1S/C18H14FN3O7/c19-12-3-1-2-4-13(12)20-16(23)9-29-18(25)8-21-14-7-11(22(26)27)5-6-15(14)28-10-17(21)24/h1-7H,8-10H2,(H,20,23). The zero-order valence-corrected chi connectivity index (χ0v) is 14.8. The van der Waals surface area contributed by atoms with Crippen molar-refractivity contribution in [1.82, 2.24) is 0 Å². The van der Waals surface area contributed by atoms with Crippen molar-refractivity contribution in [3.8, 4) is 5.75 Å². The number of esters is 1. The number of nitro benzene ring substituents is 1. The Balaban J connectivity index is 1.62. The first-order valence-corrected chi connectivity index (χ1v) is 8.27. The van der Waals surface area contributed by atoms with E-state index in [1.807, 2.05) is 0 Å². The largest absolute Gasteiger partial charge is 0.482 e. The van der Waals surface area contributed by atoms with Gasteiger partial charge in [-0.05, 0) is 18.2 Å². The maximum absolute atomic E-state index is 13.5. The van der Waals surface area contributed by atoms with Gasteiger partial charge in [0.2, 0.25) is 0 Å². The second kappa shape index (κ2) is 8.33. The van der Waals surface area contributed by atoms with Crippen LogP contribution in [0.3, 0.4) is 0 Å². The first kappa shape index (κ1) is 19.7. The number of fused-ring (bicyclic) bond motifs is 1. The molecule has 11 heteroatoms. The van der Waals surface area contributed by atoms with E-state index in [4.69, 9.17) is 9.47 Å². The van der Waals surface area contributed by atoms with Crippen LogP contribution in [0, 0.1) is 15.9 Å². The van der Waals surface area contributed by atoms with Crippen molar-refractivity contribution in [2.45, 2.75) is 0 Å². The van der Waals surface area contributed by atoms with Gasteiger partial charge >= 0.3 is 5.97 Å². The summed E-state index contributed by atoms with van der Waals surface area (Å²) < 4.78 is 23.5. The lowest BCUT2D eigenvalue weighted by molar-refractivity contribution is -0.384. The first-order chi connectivity index (χ1) is 13.8. The molecule has 0 spiro atoms. The van der Waals surface area contributed by atoms with Crippen LogP contribution >= 0.6 is 0 Å². The fourth-order valence-electron chi connectivity index (χ4n) is 2.55. The van der Waals surface area contributed by atoms with E-state index in [0.717, 1.165) is 17.0 Å². The van der Waals surface area contributed by atoms with Gasteiger partial charge in [0, 0.05) is 12.1 Å². The number of benzene rings is 2. The number of nitrogens with zero attached hydrogens (tertiary/aromatic N) is 2. The van der Waals surface area contributed by atoms with Crippen LogP contribution in [-0.2, 0) is 19.1 Å². The molecule has 0 radical (unpaired) electrons. The van der Waals surface area contributed by atoms with Gasteiger partial charge in [0.15, 0.2) is 13.2 Å². The predicted molar refractivity (Wildman–Crippen MR) is 96.9 cm³/mol. The Morgan fingerprint density at radius 3 is 2.76 bits per heavy atom. The molecule has 0 aliphatic carbocycles. The Morgan fingerprint density at radius 1 is 1.28 bits per heavy atom. The number of carbonyl (C=O) groups excluding carboxylic acids is 3. The number of nitrogens with one attached hydrogen (secondary N) is 1. The summed E-state index contributed by atoms with van der Waals surface area (Å²) in [6.45, 7) is -1.64. The van der Waals surface area contributed by atoms with Crippen LogP contribution in [0.25, 0.3) is 0 Å². The highest BCUT2D eigenvalue weighted by molar-refractivity contribution is 6.02. The summed E-state index contributed by atoms with van der Waals surface area (Å²) in [5.41, 5.74) is -0.314. The van der Waals surface area contributed by atoms with E-state index in [9.17, 15) is 28.9 Å². The maximum atomic E-state index is 13.5. The van der Waals surface area contributed by atoms with Gasteiger partial charge in [-0.3, -0.25) is 29.4 Å².